The van der Waals surface area contributed by atoms with E-state index in [0.717, 1.165) is 5.82 Å². The van der Waals surface area contributed by atoms with Gasteiger partial charge in [0.25, 0.3) is 0 Å². The molecule has 1 unspecified atom stereocenters. The molecule has 1 aliphatic rings. The molecule has 1 saturated heterocycles. The maximum Gasteiger partial charge on any atom is 0.130 e. The van der Waals surface area contributed by atoms with Crippen LogP contribution in [0, 0.1) is 0 Å². The molecule has 3 nitrogen and oxygen atoms in total. The van der Waals surface area contributed by atoms with Crippen LogP contribution in [0.4, 0.5) is 5.82 Å². The molecule has 17 heavy (non-hydrogen) atoms. The molecule has 1 aromatic heterocycles. The van der Waals surface area contributed by atoms with E-state index in [1.807, 2.05) is 13.2 Å². The summed E-state index contributed by atoms with van der Waals surface area (Å²) >= 11 is 0. The summed E-state index contributed by atoms with van der Waals surface area (Å²) in [7, 11) is 1.96. The number of pyridine rings is 1. The SMILES string of the molecule is CCCN1CCCCC1c1cccnc1NC. The maximum atomic E-state index is 4.43. The van der Waals surface area contributed by atoms with Gasteiger partial charge < -0.3 is 5.32 Å². The third-order valence-corrected chi connectivity index (χ3v) is 3.56. The minimum absolute atomic E-state index is 0.555. The van der Waals surface area contributed by atoms with E-state index >= 15 is 0 Å². The average molecular weight is 233 g/mol. The first-order chi connectivity index (χ1) is 8.36. The first-order valence-corrected chi connectivity index (χ1v) is 6.73. The van der Waals surface area contributed by atoms with Gasteiger partial charge in [-0.05, 0) is 38.4 Å². The average Bonchev–Trinajstić information content (AvgIpc) is 2.40. The Labute approximate surface area is 104 Å². The van der Waals surface area contributed by atoms with Gasteiger partial charge in [0.15, 0.2) is 0 Å². The number of rotatable bonds is 4. The Kier molecular flexibility index (Phi) is 4.37. The number of hydrogen-bond donors (Lipinski definition) is 1. The lowest BCUT2D eigenvalue weighted by molar-refractivity contribution is 0.149. The minimum Gasteiger partial charge on any atom is -0.373 e. The zero-order chi connectivity index (χ0) is 12.1. The first-order valence-electron chi connectivity index (χ1n) is 6.73. The Bertz CT molecular complexity index is 349. The van der Waals surface area contributed by atoms with Gasteiger partial charge in [0, 0.05) is 24.8 Å². The molecule has 0 aliphatic carbocycles. The largest absolute Gasteiger partial charge is 0.373 e. The van der Waals surface area contributed by atoms with Gasteiger partial charge in [-0.25, -0.2) is 4.98 Å². The van der Waals surface area contributed by atoms with Crippen LogP contribution in [0.1, 0.15) is 44.2 Å². The van der Waals surface area contributed by atoms with Gasteiger partial charge in [-0.1, -0.05) is 19.4 Å². The molecule has 3 heteroatoms. The van der Waals surface area contributed by atoms with Crippen LogP contribution in [0.2, 0.25) is 0 Å². The van der Waals surface area contributed by atoms with Crippen LogP contribution in [0.3, 0.4) is 0 Å². The molecule has 2 heterocycles. The highest BCUT2D eigenvalue weighted by Gasteiger charge is 2.25. The van der Waals surface area contributed by atoms with E-state index in [2.05, 4.69) is 34.3 Å². The third kappa shape index (κ3) is 2.78. The maximum absolute atomic E-state index is 4.43. The van der Waals surface area contributed by atoms with E-state index in [4.69, 9.17) is 0 Å². The molecule has 0 bridgehead atoms. The molecule has 1 atom stereocenters. The van der Waals surface area contributed by atoms with Crippen molar-refractivity contribution in [1.29, 1.82) is 0 Å². The topological polar surface area (TPSA) is 28.2 Å². The Balaban J connectivity index is 2.22. The summed E-state index contributed by atoms with van der Waals surface area (Å²) in [6.45, 7) is 4.69. The van der Waals surface area contributed by atoms with E-state index in [9.17, 15) is 0 Å². The normalized spacial score (nSPS) is 21.4. The van der Waals surface area contributed by atoms with Crippen LogP contribution >= 0.6 is 0 Å². The van der Waals surface area contributed by atoms with Gasteiger partial charge >= 0.3 is 0 Å². The molecule has 1 fully saturated rings. The summed E-state index contributed by atoms with van der Waals surface area (Å²) < 4.78 is 0. The molecule has 0 saturated carbocycles. The fourth-order valence-electron chi connectivity index (χ4n) is 2.79. The fraction of sp³-hybridized carbons (Fsp3) is 0.643. The molecule has 0 spiro atoms. The fourth-order valence-corrected chi connectivity index (χ4v) is 2.79. The van der Waals surface area contributed by atoms with Crippen LogP contribution < -0.4 is 5.32 Å². The second-order valence-electron chi connectivity index (χ2n) is 4.74. The summed E-state index contributed by atoms with van der Waals surface area (Å²) in [4.78, 5) is 7.04. The van der Waals surface area contributed by atoms with Crippen molar-refractivity contribution in [1.82, 2.24) is 9.88 Å². The van der Waals surface area contributed by atoms with Gasteiger partial charge in [0.2, 0.25) is 0 Å². The Hall–Kier alpha value is -1.09. The predicted molar refractivity (Wildman–Crippen MR) is 72.2 cm³/mol. The summed E-state index contributed by atoms with van der Waals surface area (Å²) in [5.74, 6) is 1.04. The monoisotopic (exact) mass is 233 g/mol. The molecule has 1 N–H and O–H groups in total. The zero-order valence-electron chi connectivity index (χ0n) is 10.9. The summed E-state index contributed by atoms with van der Waals surface area (Å²) in [5, 5.41) is 3.22. The second kappa shape index (κ2) is 6.01. The van der Waals surface area contributed by atoms with Crippen molar-refractivity contribution < 1.29 is 0 Å². The molecule has 0 aromatic carbocycles. The number of anilines is 1. The Morgan fingerprint density at radius 3 is 3.12 bits per heavy atom. The lowest BCUT2D eigenvalue weighted by atomic mass is 9.95. The van der Waals surface area contributed by atoms with Crippen molar-refractivity contribution in [3.63, 3.8) is 0 Å². The van der Waals surface area contributed by atoms with Crippen molar-refractivity contribution >= 4 is 5.82 Å². The van der Waals surface area contributed by atoms with Crippen molar-refractivity contribution in [3.05, 3.63) is 23.9 Å². The quantitative estimate of drug-likeness (QED) is 0.866. The number of likely N-dealkylation sites (tertiary alicyclic amines) is 1. The highest BCUT2D eigenvalue weighted by molar-refractivity contribution is 5.45. The highest BCUT2D eigenvalue weighted by Crippen LogP contribution is 2.33. The summed E-state index contributed by atoms with van der Waals surface area (Å²) in [6, 6.07) is 4.83. The van der Waals surface area contributed by atoms with Crippen molar-refractivity contribution in [2.45, 2.75) is 38.6 Å². The molecule has 1 aromatic rings. The van der Waals surface area contributed by atoms with Crippen LogP contribution in [0.15, 0.2) is 18.3 Å². The van der Waals surface area contributed by atoms with E-state index in [0.29, 0.717) is 6.04 Å². The first kappa shape index (κ1) is 12.4. The van der Waals surface area contributed by atoms with Gasteiger partial charge in [0.1, 0.15) is 5.82 Å². The molecule has 0 radical (unpaired) electrons. The lowest BCUT2D eigenvalue weighted by Crippen LogP contribution is -2.34. The molecule has 2 rings (SSSR count). The van der Waals surface area contributed by atoms with Gasteiger partial charge in [0.05, 0.1) is 0 Å². The lowest BCUT2D eigenvalue weighted by Gasteiger charge is -2.36. The molecule has 1 aliphatic heterocycles. The molecular formula is C14H23N3. The van der Waals surface area contributed by atoms with Crippen molar-refractivity contribution in [2.75, 3.05) is 25.5 Å². The summed E-state index contributed by atoms with van der Waals surface area (Å²) in [6.07, 6.45) is 7.03. The van der Waals surface area contributed by atoms with Crippen LogP contribution in [0.25, 0.3) is 0 Å². The minimum atomic E-state index is 0.555. The molecule has 0 amide bonds. The Morgan fingerprint density at radius 2 is 2.35 bits per heavy atom. The van der Waals surface area contributed by atoms with Gasteiger partial charge in [-0.3, -0.25) is 4.90 Å². The number of piperidine rings is 1. The predicted octanol–water partition coefficient (Wildman–Crippen LogP) is 3.06. The Morgan fingerprint density at radius 1 is 1.47 bits per heavy atom. The van der Waals surface area contributed by atoms with Gasteiger partial charge in [-0.2, -0.15) is 0 Å². The number of aromatic nitrogens is 1. The second-order valence-corrected chi connectivity index (χ2v) is 4.74. The van der Waals surface area contributed by atoms with E-state index in [1.54, 1.807) is 0 Å². The van der Waals surface area contributed by atoms with Gasteiger partial charge in [-0.15, -0.1) is 0 Å². The van der Waals surface area contributed by atoms with E-state index in [-0.39, 0.29) is 0 Å². The smallest absolute Gasteiger partial charge is 0.130 e. The van der Waals surface area contributed by atoms with E-state index in [1.165, 1.54) is 44.3 Å². The third-order valence-electron chi connectivity index (χ3n) is 3.56. The standard InChI is InChI=1S/C14H23N3/c1-3-10-17-11-5-4-8-13(17)12-7-6-9-16-14(12)15-2/h6-7,9,13H,3-5,8,10-11H2,1-2H3,(H,15,16). The van der Waals surface area contributed by atoms with Crippen LogP contribution in [-0.4, -0.2) is 30.0 Å². The van der Waals surface area contributed by atoms with Crippen molar-refractivity contribution in [2.24, 2.45) is 0 Å². The summed E-state index contributed by atoms with van der Waals surface area (Å²) in [5.41, 5.74) is 1.36. The number of nitrogens with zero attached hydrogens (tertiary/aromatic N) is 2. The molecular weight excluding hydrogens is 210 g/mol. The molecule has 94 valence electrons. The zero-order valence-corrected chi connectivity index (χ0v) is 10.9. The number of hydrogen-bond acceptors (Lipinski definition) is 3. The van der Waals surface area contributed by atoms with Crippen molar-refractivity contribution in [3.8, 4) is 0 Å². The van der Waals surface area contributed by atoms with Crippen LogP contribution in [0.5, 0.6) is 0 Å². The number of nitrogens with one attached hydrogen (secondary N) is 1. The van der Waals surface area contributed by atoms with Crippen LogP contribution in [-0.2, 0) is 0 Å². The highest BCUT2D eigenvalue weighted by atomic mass is 15.2. The van der Waals surface area contributed by atoms with E-state index < -0.39 is 0 Å².